The van der Waals surface area contributed by atoms with Gasteiger partial charge in [0.2, 0.25) is 0 Å². The van der Waals surface area contributed by atoms with E-state index in [1.165, 1.54) is 24.8 Å². The number of nitrogens with zero attached hydrogens (tertiary/aromatic N) is 2. The van der Waals surface area contributed by atoms with Crippen LogP contribution in [0.25, 0.3) is 0 Å². The van der Waals surface area contributed by atoms with Gasteiger partial charge in [0, 0.05) is 19.3 Å². The van der Waals surface area contributed by atoms with Crippen LogP contribution in [0.3, 0.4) is 0 Å². The van der Waals surface area contributed by atoms with Crippen LogP contribution in [-0.2, 0) is 0 Å². The van der Waals surface area contributed by atoms with Crippen LogP contribution >= 0.6 is 0 Å². The van der Waals surface area contributed by atoms with E-state index in [1.807, 2.05) is 12.3 Å². The highest BCUT2D eigenvalue weighted by molar-refractivity contribution is 5.46. The molecule has 1 aromatic heterocycles. The number of anilines is 1. The van der Waals surface area contributed by atoms with Gasteiger partial charge in [-0.25, -0.2) is 4.98 Å². The molecule has 0 aliphatic heterocycles. The zero-order chi connectivity index (χ0) is 11.5. The van der Waals surface area contributed by atoms with E-state index in [0.29, 0.717) is 12.0 Å². The van der Waals surface area contributed by atoms with Crippen LogP contribution < -0.4 is 10.6 Å². The highest BCUT2D eigenvalue weighted by Gasteiger charge is 2.30. The molecule has 2 atom stereocenters. The molecule has 1 aromatic rings. The minimum Gasteiger partial charge on any atom is -0.356 e. The van der Waals surface area contributed by atoms with Gasteiger partial charge in [-0.3, -0.25) is 0 Å². The molecule has 16 heavy (non-hydrogen) atoms. The van der Waals surface area contributed by atoms with Crippen LogP contribution in [0.4, 0.5) is 5.82 Å². The van der Waals surface area contributed by atoms with E-state index in [4.69, 9.17) is 5.73 Å². The van der Waals surface area contributed by atoms with E-state index in [0.717, 1.165) is 12.4 Å². The monoisotopic (exact) mass is 219 g/mol. The molecule has 0 bridgehead atoms. The third-order valence-corrected chi connectivity index (χ3v) is 3.74. The Morgan fingerprint density at radius 2 is 2.31 bits per heavy atom. The van der Waals surface area contributed by atoms with Crippen LogP contribution in [0.15, 0.2) is 18.3 Å². The molecule has 1 heterocycles. The molecule has 3 nitrogen and oxygen atoms in total. The van der Waals surface area contributed by atoms with Gasteiger partial charge >= 0.3 is 0 Å². The van der Waals surface area contributed by atoms with E-state index >= 15 is 0 Å². The Morgan fingerprint density at radius 3 is 3.00 bits per heavy atom. The Hall–Kier alpha value is -1.09. The molecule has 0 aromatic carbocycles. The summed E-state index contributed by atoms with van der Waals surface area (Å²) in [6.45, 7) is 2.91. The summed E-state index contributed by atoms with van der Waals surface area (Å²) in [5.41, 5.74) is 7.07. The Bertz CT molecular complexity index is 351. The Labute approximate surface area is 97.7 Å². The minimum atomic E-state index is 0.568. The summed E-state index contributed by atoms with van der Waals surface area (Å²) in [6, 6.07) is 4.67. The highest BCUT2D eigenvalue weighted by Crippen LogP contribution is 2.31. The predicted octanol–water partition coefficient (Wildman–Crippen LogP) is 1.95. The summed E-state index contributed by atoms with van der Waals surface area (Å²) < 4.78 is 0. The van der Waals surface area contributed by atoms with E-state index in [9.17, 15) is 0 Å². The van der Waals surface area contributed by atoms with Crippen molar-refractivity contribution in [3.63, 3.8) is 0 Å². The zero-order valence-corrected chi connectivity index (χ0v) is 10.2. The van der Waals surface area contributed by atoms with E-state index < -0.39 is 0 Å². The average Bonchev–Trinajstić information content (AvgIpc) is 2.77. The molecule has 3 heteroatoms. The maximum atomic E-state index is 5.83. The van der Waals surface area contributed by atoms with Crippen molar-refractivity contribution < 1.29 is 0 Å². The average molecular weight is 219 g/mol. The molecule has 0 radical (unpaired) electrons. The van der Waals surface area contributed by atoms with Crippen molar-refractivity contribution in [2.75, 3.05) is 18.5 Å². The Kier molecular flexibility index (Phi) is 3.44. The lowest BCUT2D eigenvalue weighted by Gasteiger charge is -2.31. The molecule has 1 aliphatic rings. The molecule has 0 amide bonds. The van der Waals surface area contributed by atoms with Crippen molar-refractivity contribution in [1.29, 1.82) is 0 Å². The number of hydrogen-bond acceptors (Lipinski definition) is 3. The summed E-state index contributed by atoms with van der Waals surface area (Å²) in [5.74, 6) is 1.74. The molecule has 1 fully saturated rings. The quantitative estimate of drug-likeness (QED) is 0.845. The topological polar surface area (TPSA) is 42.2 Å². The van der Waals surface area contributed by atoms with Gasteiger partial charge in [0.25, 0.3) is 0 Å². The molecule has 0 saturated heterocycles. The van der Waals surface area contributed by atoms with Gasteiger partial charge in [0.05, 0.1) is 0 Å². The lowest BCUT2D eigenvalue weighted by atomic mass is 10.0. The molecule has 2 rings (SSSR count). The lowest BCUT2D eigenvalue weighted by molar-refractivity contribution is 0.471. The number of aryl methyl sites for hydroxylation is 1. The fraction of sp³-hybridized carbons (Fsp3) is 0.615. The van der Waals surface area contributed by atoms with Gasteiger partial charge in [0.15, 0.2) is 0 Å². The first-order valence-electron chi connectivity index (χ1n) is 6.08. The first-order valence-corrected chi connectivity index (χ1v) is 6.08. The smallest absolute Gasteiger partial charge is 0.131 e. The van der Waals surface area contributed by atoms with Crippen molar-refractivity contribution >= 4 is 5.82 Å². The van der Waals surface area contributed by atoms with E-state index in [1.54, 1.807) is 0 Å². The largest absolute Gasteiger partial charge is 0.356 e. The molecule has 2 N–H and O–H groups in total. The molecule has 1 saturated carbocycles. The highest BCUT2D eigenvalue weighted by atomic mass is 15.2. The number of nitrogens with two attached hydrogens (primary N) is 1. The maximum absolute atomic E-state index is 5.83. The maximum Gasteiger partial charge on any atom is 0.131 e. The van der Waals surface area contributed by atoms with Crippen molar-refractivity contribution in [2.24, 2.45) is 11.7 Å². The summed E-state index contributed by atoms with van der Waals surface area (Å²) in [7, 11) is 2.15. The van der Waals surface area contributed by atoms with Crippen LogP contribution in [0, 0.1) is 12.8 Å². The van der Waals surface area contributed by atoms with Gasteiger partial charge in [-0.2, -0.15) is 0 Å². The van der Waals surface area contributed by atoms with Crippen LogP contribution in [0.2, 0.25) is 0 Å². The van der Waals surface area contributed by atoms with Gasteiger partial charge in [-0.1, -0.05) is 12.5 Å². The fourth-order valence-electron chi connectivity index (χ4n) is 2.81. The second-order valence-electron chi connectivity index (χ2n) is 4.75. The second-order valence-corrected chi connectivity index (χ2v) is 4.75. The molecule has 0 spiro atoms. The number of aromatic nitrogens is 1. The Balaban J connectivity index is 2.18. The number of hydrogen-bond donors (Lipinski definition) is 1. The summed E-state index contributed by atoms with van der Waals surface area (Å²) in [5, 5.41) is 0. The normalized spacial score (nSPS) is 24.7. The summed E-state index contributed by atoms with van der Waals surface area (Å²) >= 11 is 0. The van der Waals surface area contributed by atoms with Crippen molar-refractivity contribution in [3.05, 3.63) is 23.9 Å². The Morgan fingerprint density at radius 1 is 1.50 bits per heavy atom. The third-order valence-electron chi connectivity index (χ3n) is 3.74. The molecule has 2 unspecified atom stereocenters. The third kappa shape index (κ3) is 2.05. The number of rotatable bonds is 3. The van der Waals surface area contributed by atoms with Gasteiger partial charge in [-0.05, 0) is 43.9 Å². The second kappa shape index (κ2) is 4.83. The molecule has 1 aliphatic carbocycles. The van der Waals surface area contributed by atoms with Crippen LogP contribution in [0.1, 0.15) is 24.8 Å². The predicted molar refractivity (Wildman–Crippen MR) is 67.6 cm³/mol. The first-order chi connectivity index (χ1) is 7.74. The van der Waals surface area contributed by atoms with Crippen molar-refractivity contribution in [2.45, 2.75) is 32.2 Å². The van der Waals surface area contributed by atoms with Crippen LogP contribution in [-0.4, -0.2) is 24.6 Å². The van der Waals surface area contributed by atoms with Crippen LogP contribution in [0.5, 0.6) is 0 Å². The molecular weight excluding hydrogens is 198 g/mol. The zero-order valence-electron chi connectivity index (χ0n) is 10.2. The van der Waals surface area contributed by atoms with Gasteiger partial charge < -0.3 is 10.6 Å². The minimum absolute atomic E-state index is 0.568. The van der Waals surface area contributed by atoms with Gasteiger partial charge in [-0.15, -0.1) is 0 Å². The van der Waals surface area contributed by atoms with Crippen molar-refractivity contribution in [1.82, 2.24) is 4.98 Å². The molecular formula is C13H21N3. The lowest BCUT2D eigenvalue weighted by Crippen LogP contribution is -2.38. The number of pyridine rings is 1. The summed E-state index contributed by atoms with van der Waals surface area (Å²) in [6.07, 6.45) is 5.67. The summed E-state index contributed by atoms with van der Waals surface area (Å²) in [4.78, 5) is 6.80. The van der Waals surface area contributed by atoms with Crippen molar-refractivity contribution in [3.8, 4) is 0 Å². The molecule has 88 valence electrons. The standard InChI is InChI=1S/C13H21N3/c1-10-5-4-8-15-13(10)16(2)12-7-3-6-11(12)9-14/h4-5,8,11-12H,3,6-7,9,14H2,1-2H3. The SMILES string of the molecule is Cc1cccnc1N(C)C1CCCC1CN. The van der Waals surface area contributed by atoms with E-state index in [-0.39, 0.29) is 0 Å². The van der Waals surface area contributed by atoms with E-state index in [2.05, 4.69) is 29.9 Å². The fourth-order valence-corrected chi connectivity index (χ4v) is 2.81. The van der Waals surface area contributed by atoms with Gasteiger partial charge in [0.1, 0.15) is 5.82 Å². The first kappa shape index (κ1) is 11.4.